The summed E-state index contributed by atoms with van der Waals surface area (Å²) in [6.07, 6.45) is -1.08. The van der Waals surface area contributed by atoms with E-state index in [1.807, 2.05) is 20.8 Å². The van der Waals surface area contributed by atoms with Crippen molar-refractivity contribution in [2.75, 3.05) is 27.2 Å². The quantitative estimate of drug-likeness (QED) is 0.117. The predicted octanol–water partition coefficient (Wildman–Crippen LogP) is 4.52. The number of nitrogens with one attached hydrogen (secondary N) is 5. The lowest BCUT2D eigenvalue weighted by Crippen LogP contribution is -2.58. The fraction of sp³-hybridized carbons (Fsp3) is 0.568. The molecule has 2 aromatic carbocycles. The van der Waals surface area contributed by atoms with Crippen LogP contribution in [0.3, 0.4) is 0 Å². The Morgan fingerprint density at radius 3 is 2.05 bits per heavy atom. The Labute approximate surface area is 352 Å². The van der Waals surface area contributed by atoms with Crippen molar-refractivity contribution < 1.29 is 36.7 Å². The van der Waals surface area contributed by atoms with E-state index in [4.69, 9.17) is 4.98 Å². The highest BCUT2D eigenvalue weighted by Gasteiger charge is 2.46. The molecular weight excluding hydrogens is 795 g/mol. The van der Waals surface area contributed by atoms with Crippen LogP contribution in [0.5, 0.6) is 0 Å². The van der Waals surface area contributed by atoms with Crippen LogP contribution in [0, 0.1) is 23.0 Å². The number of aromatic nitrogens is 3. The van der Waals surface area contributed by atoms with Crippen molar-refractivity contribution in [3.8, 4) is 11.5 Å². The summed E-state index contributed by atoms with van der Waals surface area (Å²) in [7, 11) is 3.28. The third-order valence-corrected chi connectivity index (χ3v) is 12.6. The fourth-order valence-corrected chi connectivity index (χ4v) is 8.79. The highest BCUT2D eigenvalue weighted by molar-refractivity contribution is 5.93. The van der Waals surface area contributed by atoms with Crippen LogP contribution in [0.1, 0.15) is 65.9 Å². The van der Waals surface area contributed by atoms with Gasteiger partial charge in [0.1, 0.15) is 36.1 Å². The molecule has 0 unspecified atom stereocenters. The van der Waals surface area contributed by atoms with E-state index >= 15 is 8.78 Å². The number of H-pyrrole nitrogens is 1. The first-order valence-electron chi connectivity index (χ1n) is 21.2. The van der Waals surface area contributed by atoms with E-state index in [2.05, 4.69) is 26.3 Å². The molecule has 330 valence electrons. The predicted molar refractivity (Wildman–Crippen MR) is 224 cm³/mol. The van der Waals surface area contributed by atoms with Gasteiger partial charge in [-0.05, 0) is 94.4 Å². The zero-order chi connectivity index (χ0) is 44.1. The maximum Gasteiger partial charge on any atom is 0.246 e. The number of aromatic amines is 1. The Kier molecular flexibility index (Phi) is 12.6. The molecule has 13 nitrogen and oxygen atoms in total. The van der Waals surface area contributed by atoms with Gasteiger partial charge in [0.05, 0.1) is 47.9 Å². The molecule has 7 rings (SSSR count). The van der Waals surface area contributed by atoms with Crippen LogP contribution in [0.25, 0.3) is 33.5 Å². The van der Waals surface area contributed by atoms with Crippen molar-refractivity contribution in [1.29, 1.82) is 0 Å². The number of amides is 4. The second-order valence-corrected chi connectivity index (χ2v) is 18.2. The lowest BCUT2D eigenvalue weighted by molar-refractivity contribution is -0.140. The smallest absolute Gasteiger partial charge is 0.246 e. The molecule has 17 heteroatoms. The van der Waals surface area contributed by atoms with E-state index in [1.165, 1.54) is 34.1 Å². The number of imidazole rings is 1. The summed E-state index contributed by atoms with van der Waals surface area (Å²) in [6, 6.07) is 4.06. The number of likely N-dealkylation sites (tertiary alicyclic amines) is 2. The number of rotatable bonds is 14. The zero-order valence-electron chi connectivity index (χ0n) is 35.8. The second kappa shape index (κ2) is 17.4. The maximum absolute atomic E-state index is 15.6. The number of hydrogen-bond acceptors (Lipinski definition) is 7. The summed E-state index contributed by atoms with van der Waals surface area (Å²) >= 11 is 0. The Balaban J connectivity index is 1.28. The molecule has 3 fully saturated rings. The molecule has 5 N–H and O–H groups in total. The third kappa shape index (κ3) is 9.13. The van der Waals surface area contributed by atoms with Crippen molar-refractivity contribution in [1.82, 2.24) is 45.6 Å². The molecule has 4 amide bonds. The van der Waals surface area contributed by atoms with E-state index in [9.17, 15) is 28.0 Å². The van der Waals surface area contributed by atoms with Crippen molar-refractivity contribution in [3.05, 3.63) is 53.6 Å². The second-order valence-electron chi connectivity index (χ2n) is 18.2. The van der Waals surface area contributed by atoms with Crippen LogP contribution >= 0.6 is 0 Å². The van der Waals surface area contributed by atoms with Gasteiger partial charge < -0.3 is 40.6 Å². The summed E-state index contributed by atoms with van der Waals surface area (Å²) < 4.78 is 62.5. The molecule has 1 aliphatic carbocycles. The molecule has 0 bridgehead atoms. The van der Waals surface area contributed by atoms with E-state index < -0.39 is 71.6 Å². The molecule has 1 saturated carbocycles. The lowest BCUT2D eigenvalue weighted by Gasteiger charge is -2.36. The summed E-state index contributed by atoms with van der Waals surface area (Å²) in [4.78, 5) is 65.9. The van der Waals surface area contributed by atoms with Gasteiger partial charge in [-0.2, -0.15) is 0 Å². The van der Waals surface area contributed by atoms with Crippen molar-refractivity contribution in [3.63, 3.8) is 0 Å². The van der Waals surface area contributed by atoms with Gasteiger partial charge in [0.15, 0.2) is 5.82 Å². The first-order chi connectivity index (χ1) is 28.9. The van der Waals surface area contributed by atoms with Crippen LogP contribution in [0.2, 0.25) is 0 Å². The minimum absolute atomic E-state index is 0.00122. The van der Waals surface area contributed by atoms with Gasteiger partial charge in [0.2, 0.25) is 23.6 Å². The number of halogens is 4. The fourth-order valence-electron chi connectivity index (χ4n) is 8.79. The SMILES string of the molecule is CN[C@@H](C)C(=O)N[C@H](C(=O)N1C[C@@H](F)C[C@H]1Cn1c(-c2[nH]c3cc(F)ccc3c2C[C@@H]2C[C@H](F)CN2C(=O)[C@@H](NC(=O)[C@H](C)NC)C(C)(C)C)nc2cc(F)ccc21)C1CC1. The Morgan fingerprint density at radius 1 is 0.836 bits per heavy atom. The van der Waals surface area contributed by atoms with Crippen LogP contribution in [-0.2, 0) is 32.1 Å². The molecule has 2 aromatic heterocycles. The molecular formula is C44H57F4N9O4. The van der Waals surface area contributed by atoms with Gasteiger partial charge in [-0.1, -0.05) is 20.8 Å². The minimum atomic E-state index is -1.36. The number of benzene rings is 2. The number of hydrogen-bond donors (Lipinski definition) is 5. The summed E-state index contributed by atoms with van der Waals surface area (Å²) in [6.45, 7) is 8.53. The Morgan fingerprint density at radius 2 is 1.43 bits per heavy atom. The highest BCUT2D eigenvalue weighted by atomic mass is 19.1. The van der Waals surface area contributed by atoms with Crippen molar-refractivity contribution in [2.45, 2.75) is 122 Å². The summed E-state index contributed by atoms with van der Waals surface area (Å²) in [5.41, 5.74) is 1.46. The van der Waals surface area contributed by atoms with E-state index in [-0.39, 0.29) is 68.1 Å². The largest absolute Gasteiger partial charge is 0.352 e. The minimum Gasteiger partial charge on any atom is -0.352 e. The van der Waals surface area contributed by atoms with Gasteiger partial charge in [-0.15, -0.1) is 0 Å². The summed E-state index contributed by atoms with van der Waals surface area (Å²) in [5.74, 6) is -2.35. The number of carbonyl (C=O) groups excluding carboxylic acids is 4. The molecule has 4 aromatic rings. The molecule has 0 spiro atoms. The first kappa shape index (κ1) is 44.0. The normalized spacial score (nSPS) is 22.7. The third-order valence-electron chi connectivity index (χ3n) is 12.6. The average Bonchev–Trinajstić information content (AvgIpc) is 3.57. The van der Waals surface area contributed by atoms with Gasteiger partial charge in [-0.3, -0.25) is 19.2 Å². The topological polar surface area (TPSA) is 156 Å². The molecule has 3 aliphatic rings. The van der Waals surface area contributed by atoms with Gasteiger partial charge >= 0.3 is 0 Å². The highest BCUT2D eigenvalue weighted by Crippen LogP contribution is 2.39. The molecule has 0 radical (unpaired) electrons. The van der Waals surface area contributed by atoms with Crippen LogP contribution in [-0.4, -0.2) is 124 Å². The van der Waals surface area contributed by atoms with Crippen LogP contribution in [0.4, 0.5) is 17.6 Å². The average molecular weight is 852 g/mol. The number of alkyl halides is 2. The summed E-state index contributed by atoms with van der Waals surface area (Å²) in [5, 5.41) is 12.1. The van der Waals surface area contributed by atoms with Gasteiger partial charge in [0.25, 0.3) is 0 Å². The maximum atomic E-state index is 15.6. The Bertz CT molecular complexity index is 2300. The van der Waals surface area contributed by atoms with E-state index in [0.717, 1.165) is 12.8 Å². The Hall–Kier alpha value is -5.03. The molecule has 61 heavy (non-hydrogen) atoms. The van der Waals surface area contributed by atoms with E-state index in [0.29, 0.717) is 33.5 Å². The lowest BCUT2D eigenvalue weighted by atomic mass is 9.85. The monoisotopic (exact) mass is 851 g/mol. The van der Waals surface area contributed by atoms with Gasteiger partial charge in [0, 0.05) is 42.4 Å². The van der Waals surface area contributed by atoms with Crippen LogP contribution in [0.15, 0.2) is 36.4 Å². The van der Waals surface area contributed by atoms with Crippen molar-refractivity contribution >= 4 is 45.6 Å². The first-order valence-corrected chi connectivity index (χ1v) is 21.2. The van der Waals surface area contributed by atoms with Crippen molar-refractivity contribution in [2.24, 2.45) is 11.3 Å². The molecule has 8 atom stereocenters. The molecule has 2 saturated heterocycles. The number of fused-ring (bicyclic) bond motifs is 2. The standard InChI is InChI=1S/C44H57F4N9O4/c1-22(49-6)40(58)53-36(24-8-9-24)42(60)56-20-28(48)15-30(56)21-57-35-13-11-26(46)17-34(35)52-39(57)37-32(31-12-10-25(45)16-33(31)51-37)18-29-14-27(47)19-55(29)43(61)38(44(3,4)5)54-41(59)23(2)50-7/h10-13,16-17,22-24,27-30,36,38,49-51H,8-9,14-15,18-21H2,1-7H3,(H,53,58)(H,54,59)/t22-,23-,27-,28-,29-,30-,36-,38+/m0/s1. The number of nitrogens with zero attached hydrogens (tertiary/aromatic N) is 4. The molecule has 2 aliphatic heterocycles. The number of likely N-dealkylation sites (N-methyl/N-ethyl adjacent to an activating group) is 2. The zero-order valence-corrected chi connectivity index (χ0v) is 35.8. The number of carbonyl (C=O) groups is 4. The van der Waals surface area contributed by atoms with Gasteiger partial charge in [-0.25, -0.2) is 22.5 Å². The molecule has 4 heterocycles. The van der Waals surface area contributed by atoms with E-state index in [1.54, 1.807) is 44.6 Å². The van der Waals surface area contributed by atoms with Crippen LogP contribution < -0.4 is 21.3 Å².